The molecule has 4 heteroatoms. The van der Waals surface area contributed by atoms with Gasteiger partial charge >= 0.3 is 5.97 Å². The molecule has 0 amide bonds. The largest absolute Gasteiger partial charge is 0.487 e. The van der Waals surface area contributed by atoms with Crippen LogP contribution in [-0.2, 0) is 0 Å². The molecule has 1 aliphatic rings. The summed E-state index contributed by atoms with van der Waals surface area (Å²) in [5.74, 6) is -0.407. The molecule has 0 heterocycles. The summed E-state index contributed by atoms with van der Waals surface area (Å²) < 4.78 is 5.70. The monoisotopic (exact) mass is 236 g/mol. The van der Waals surface area contributed by atoms with Crippen LogP contribution in [0.5, 0.6) is 5.75 Å². The van der Waals surface area contributed by atoms with Crippen molar-refractivity contribution in [1.29, 1.82) is 0 Å². The number of aliphatic hydroxyl groups is 1. The Morgan fingerprint density at radius 1 is 1.41 bits per heavy atom. The molecule has 4 nitrogen and oxygen atoms in total. The molecule has 0 aliphatic heterocycles. The third kappa shape index (κ3) is 2.42. The number of aliphatic hydroxyl groups excluding tert-OH is 1. The number of hydrogen-bond acceptors (Lipinski definition) is 3. The van der Waals surface area contributed by atoms with Crippen molar-refractivity contribution in [3.8, 4) is 5.75 Å². The second kappa shape index (κ2) is 4.75. The van der Waals surface area contributed by atoms with E-state index < -0.39 is 12.1 Å². The Bertz CT molecular complexity index is 427. The normalized spacial score (nSPS) is 23.6. The fourth-order valence-electron chi connectivity index (χ4n) is 2.18. The Morgan fingerprint density at radius 3 is 2.76 bits per heavy atom. The van der Waals surface area contributed by atoms with Crippen molar-refractivity contribution in [1.82, 2.24) is 0 Å². The van der Waals surface area contributed by atoms with Crippen molar-refractivity contribution in [2.75, 3.05) is 0 Å². The average molecular weight is 236 g/mol. The third-order valence-electron chi connectivity index (χ3n) is 3.21. The molecule has 0 saturated heterocycles. The van der Waals surface area contributed by atoms with E-state index >= 15 is 0 Å². The number of ether oxygens (including phenoxy) is 1. The lowest BCUT2D eigenvalue weighted by atomic mass is 10.1. The van der Waals surface area contributed by atoms with E-state index in [1.54, 1.807) is 25.1 Å². The highest BCUT2D eigenvalue weighted by atomic mass is 16.5. The van der Waals surface area contributed by atoms with Crippen molar-refractivity contribution in [2.45, 2.75) is 38.4 Å². The maximum absolute atomic E-state index is 11.0. The number of hydrogen-bond donors (Lipinski definition) is 2. The Labute approximate surface area is 99.8 Å². The summed E-state index contributed by atoms with van der Waals surface area (Å²) in [7, 11) is 0. The van der Waals surface area contributed by atoms with Crippen LogP contribution < -0.4 is 4.74 Å². The molecule has 1 aromatic carbocycles. The SMILES string of the molecule is Cc1c(OC2CCCC2O)cccc1C(=O)O. The maximum Gasteiger partial charge on any atom is 0.336 e. The molecule has 1 saturated carbocycles. The summed E-state index contributed by atoms with van der Waals surface area (Å²) in [6.07, 6.45) is 1.87. The lowest BCUT2D eigenvalue weighted by Crippen LogP contribution is -2.26. The molecule has 0 bridgehead atoms. The second-order valence-corrected chi connectivity index (χ2v) is 4.39. The van der Waals surface area contributed by atoms with E-state index in [2.05, 4.69) is 0 Å². The van der Waals surface area contributed by atoms with Gasteiger partial charge in [-0.25, -0.2) is 4.79 Å². The van der Waals surface area contributed by atoms with Gasteiger partial charge in [-0.15, -0.1) is 0 Å². The van der Waals surface area contributed by atoms with Gasteiger partial charge in [0, 0.05) is 5.56 Å². The van der Waals surface area contributed by atoms with E-state index in [0.29, 0.717) is 11.3 Å². The van der Waals surface area contributed by atoms with Gasteiger partial charge in [0.15, 0.2) is 0 Å². The highest BCUT2D eigenvalue weighted by Crippen LogP contribution is 2.28. The van der Waals surface area contributed by atoms with E-state index in [1.807, 2.05) is 0 Å². The zero-order valence-electron chi connectivity index (χ0n) is 9.72. The smallest absolute Gasteiger partial charge is 0.336 e. The van der Waals surface area contributed by atoms with Crippen LogP contribution in [0.25, 0.3) is 0 Å². The average Bonchev–Trinajstić information content (AvgIpc) is 2.67. The van der Waals surface area contributed by atoms with Crippen LogP contribution >= 0.6 is 0 Å². The van der Waals surface area contributed by atoms with Gasteiger partial charge in [0.2, 0.25) is 0 Å². The van der Waals surface area contributed by atoms with Crippen LogP contribution in [0.2, 0.25) is 0 Å². The van der Waals surface area contributed by atoms with E-state index in [4.69, 9.17) is 9.84 Å². The number of rotatable bonds is 3. The lowest BCUT2D eigenvalue weighted by molar-refractivity contribution is 0.0595. The molecule has 2 atom stereocenters. The first kappa shape index (κ1) is 11.9. The summed E-state index contributed by atoms with van der Waals surface area (Å²) in [6, 6.07) is 4.95. The minimum Gasteiger partial charge on any atom is -0.487 e. The van der Waals surface area contributed by atoms with Gasteiger partial charge in [-0.2, -0.15) is 0 Å². The molecule has 17 heavy (non-hydrogen) atoms. The van der Waals surface area contributed by atoms with Crippen LogP contribution in [-0.4, -0.2) is 28.4 Å². The van der Waals surface area contributed by atoms with Crippen LogP contribution in [0.15, 0.2) is 18.2 Å². The molecule has 1 aromatic rings. The zero-order chi connectivity index (χ0) is 12.4. The van der Waals surface area contributed by atoms with Gasteiger partial charge in [-0.1, -0.05) is 6.07 Å². The third-order valence-corrected chi connectivity index (χ3v) is 3.21. The summed E-state index contributed by atoms with van der Waals surface area (Å²) in [5, 5.41) is 18.7. The first-order valence-corrected chi connectivity index (χ1v) is 5.77. The van der Waals surface area contributed by atoms with Crippen molar-refractivity contribution in [3.63, 3.8) is 0 Å². The van der Waals surface area contributed by atoms with Crippen LogP contribution in [0.4, 0.5) is 0 Å². The summed E-state index contributed by atoms with van der Waals surface area (Å²) >= 11 is 0. The summed E-state index contributed by atoms with van der Waals surface area (Å²) in [5.41, 5.74) is 0.856. The van der Waals surface area contributed by atoms with Gasteiger partial charge in [0.1, 0.15) is 11.9 Å². The summed E-state index contributed by atoms with van der Waals surface area (Å²) in [6.45, 7) is 1.72. The van der Waals surface area contributed by atoms with Gasteiger partial charge < -0.3 is 14.9 Å². The highest BCUT2D eigenvalue weighted by Gasteiger charge is 2.27. The molecule has 2 unspecified atom stereocenters. The van der Waals surface area contributed by atoms with Crippen LogP contribution in [0.1, 0.15) is 35.2 Å². The van der Waals surface area contributed by atoms with Crippen LogP contribution in [0, 0.1) is 6.92 Å². The van der Waals surface area contributed by atoms with Crippen molar-refractivity contribution < 1.29 is 19.7 Å². The number of carboxylic acid groups (broad SMARTS) is 1. The number of carboxylic acids is 1. The van der Waals surface area contributed by atoms with Gasteiger partial charge in [-0.05, 0) is 38.3 Å². The van der Waals surface area contributed by atoms with E-state index in [9.17, 15) is 9.90 Å². The minimum absolute atomic E-state index is 0.210. The molecule has 2 rings (SSSR count). The van der Waals surface area contributed by atoms with Crippen molar-refractivity contribution in [3.05, 3.63) is 29.3 Å². The zero-order valence-corrected chi connectivity index (χ0v) is 9.72. The molecule has 0 radical (unpaired) electrons. The number of benzene rings is 1. The summed E-state index contributed by atoms with van der Waals surface area (Å²) in [4.78, 5) is 11.0. The van der Waals surface area contributed by atoms with Gasteiger partial charge in [-0.3, -0.25) is 0 Å². The molecular formula is C13H16O4. The Kier molecular flexibility index (Phi) is 3.33. The Morgan fingerprint density at radius 2 is 2.18 bits per heavy atom. The Hall–Kier alpha value is -1.55. The first-order chi connectivity index (χ1) is 8.09. The molecule has 92 valence electrons. The van der Waals surface area contributed by atoms with Gasteiger partial charge in [0.25, 0.3) is 0 Å². The Balaban J connectivity index is 2.21. The van der Waals surface area contributed by atoms with Crippen molar-refractivity contribution >= 4 is 5.97 Å². The molecule has 2 N–H and O–H groups in total. The van der Waals surface area contributed by atoms with E-state index in [0.717, 1.165) is 19.3 Å². The van der Waals surface area contributed by atoms with Crippen molar-refractivity contribution in [2.24, 2.45) is 0 Å². The van der Waals surface area contributed by atoms with E-state index in [1.165, 1.54) is 0 Å². The molecular weight excluding hydrogens is 220 g/mol. The van der Waals surface area contributed by atoms with E-state index in [-0.39, 0.29) is 11.7 Å². The maximum atomic E-state index is 11.0. The molecule has 0 aromatic heterocycles. The van der Waals surface area contributed by atoms with Gasteiger partial charge in [0.05, 0.1) is 11.7 Å². The number of aromatic carboxylic acids is 1. The fourth-order valence-corrected chi connectivity index (χ4v) is 2.18. The lowest BCUT2D eigenvalue weighted by Gasteiger charge is -2.19. The predicted molar refractivity (Wildman–Crippen MR) is 62.4 cm³/mol. The minimum atomic E-state index is -0.958. The second-order valence-electron chi connectivity index (χ2n) is 4.39. The molecule has 0 spiro atoms. The standard InChI is InChI=1S/C13H16O4/c1-8-9(13(15)16)4-2-6-11(8)17-12-7-3-5-10(12)14/h2,4,6,10,12,14H,3,5,7H2,1H3,(H,15,16). The topological polar surface area (TPSA) is 66.8 Å². The molecule has 1 fully saturated rings. The quantitative estimate of drug-likeness (QED) is 0.842. The fraction of sp³-hybridized carbons (Fsp3) is 0.462. The first-order valence-electron chi connectivity index (χ1n) is 5.77. The number of carbonyl (C=O) groups is 1. The van der Waals surface area contributed by atoms with Crippen LogP contribution in [0.3, 0.4) is 0 Å². The highest BCUT2D eigenvalue weighted by molar-refractivity contribution is 5.90. The predicted octanol–water partition coefficient (Wildman–Crippen LogP) is 1.99. The molecule has 1 aliphatic carbocycles.